The van der Waals surface area contributed by atoms with E-state index >= 15 is 0 Å². The molecule has 1 aliphatic rings. The van der Waals surface area contributed by atoms with Gasteiger partial charge in [-0.15, -0.1) is 11.3 Å². The van der Waals surface area contributed by atoms with Crippen molar-refractivity contribution in [3.8, 4) is 5.88 Å². The molecule has 30 heavy (non-hydrogen) atoms. The maximum atomic E-state index is 8.00. The van der Waals surface area contributed by atoms with Crippen LogP contribution in [-0.4, -0.2) is 67.8 Å². The molecule has 2 N–H and O–H groups in total. The van der Waals surface area contributed by atoms with E-state index in [0.717, 1.165) is 57.3 Å². The molecule has 0 radical (unpaired) electrons. The summed E-state index contributed by atoms with van der Waals surface area (Å²) in [7, 11) is 3.43. The van der Waals surface area contributed by atoms with Gasteiger partial charge in [0, 0.05) is 61.6 Å². The Kier molecular flexibility index (Phi) is 9.79. The molecular weight excluding hydrogens is 398 g/mol. The monoisotopic (exact) mass is 431 g/mol. The van der Waals surface area contributed by atoms with Crippen LogP contribution >= 0.6 is 11.3 Å². The maximum absolute atomic E-state index is 8.00. The van der Waals surface area contributed by atoms with Crippen LogP contribution in [0, 0.1) is 6.92 Å². The summed E-state index contributed by atoms with van der Waals surface area (Å²) < 4.78 is 9.03. The molecule has 3 aromatic rings. The second-order valence-electron chi connectivity index (χ2n) is 6.89. The molecule has 7 nitrogen and oxygen atoms in total. The molecule has 0 aliphatic carbocycles. The molecule has 3 heterocycles. The van der Waals surface area contributed by atoms with Gasteiger partial charge < -0.3 is 20.2 Å². The van der Waals surface area contributed by atoms with Gasteiger partial charge in [-0.05, 0) is 44.0 Å². The van der Waals surface area contributed by atoms with Gasteiger partial charge in [0.2, 0.25) is 5.88 Å². The van der Waals surface area contributed by atoms with E-state index in [1.54, 1.807) is 4.68 Å². The first-order valence-corrected chi connectivity index (χ1v) is 11.0. The lowest BCUT2D eigenvalue weighted by molar-refractivity contribution is -0.0979. The van der Waals surface area contributed by atoms with E-state index in [-0.39, 0.29) is 0 Å². The molecule has 2 aromatic heterocycles. The average Bonchev–Trinajstić information content (AvgIpc) is 3.40. The molecule has 0 saturated carbocycles. The molecule has 1 saturated heterocycles. The highest BCUT2D eigenvalue weighted by Gasteiger charge is 2.18. The molecule has 4 rings (SSSR count). The minimum Gasteiger partial charge on any atom is -0.478 e. The molecule has 8 heteroatoms. The number of nitrogens with zero attached hydrogens (tertiary/aromatic N) is 4. The van der Waals surface area contributed by atoms with E-state index in [1.807, 2.05) is 38.2 Å². The Hall–Kier alpha value is -2.42. The van der Waals surface area contributed by atoms with Gasteiger partial charge in [-0.2, -0.15) is 5.10 Å². The molecule has 1 aliphatic heterocycles. The third-order valence-electron chi connectivity index (χ3n) is 5.01. The number of carbonyl (C=O) groups is 1. The van der Waals surface area contributed by atoms with Crippen LogP contribution in [0.25, 0.3) is 10.1 Å². The lowest BCUT2D eigenvalue weighted by atomic mass is 10.2. The number of benzene rings is 1. The number of piperazine rings is 1. The molecule has 1 aromatic carbocycles. The number of nitrogens with two attached hydrogens (primary N) is 1. The zero-order valence-corrected chi connectivity index (χ0v) is 19.0. The molecule has 0 bridgehead atoms. The highest BCUT2D eigenvalue weighted by atomic mass is 32.1. The van der Waals surface area contributed by atoms with Crippen LogP contribution in [0.3, 0.4) is 0 Å². The molecule has 0 unspecified atom stereocenters. The van der Waals surface area contributed by atoms with Crippen molar-refractivity contribution in [3.05, 3.63) is 41.4 Å². The van der Waals surface area contributed by atoms with Gasteiger partial charge in [0.1, 0.15) is 6.79 Å². The highest BCUT2D eigenvalue weighted by molar-refractivity contribution is 7.17. The predicted molar refractivity (Wildman–Crippen MR) is 126 cm³/mol. The van der Waals surface area contributed by atoms with Crippen molar-refractivity contribution in [2.75, 3.05) is 51.3 Å². The number of aromatic nitrogens is 2. The van der Waals surface area contributed by atoms with Gasteiger partial charge in [0.05, 0.1) is 12.3 Å². The lowest BCUT2D eigenvalue weighted by Gasteiger charge is -2.36. The summed E-state index contributed by atoms with van der Waals surface area (Å²) in [5.74, 6) is 0.858. The molecule has 164 valence electrons. The van der Waals surface area contributed by atoms with E-state index in [0.29, 0.717) is 0 Å². The van der Waals surface area contributed by atoms with Crippen molar-refractivity contribution in [1.82, 2.24) is 14.7 Å². The smallest absolute Gasteiger partial charge is 0.211 e. The van der Waals surface area contributed by atoms with Crippen LogP contribution in [0.4, 0.5) is 5.69 Å². The van der Waals surface area contributed by atoms with Crippen LogP contribution in [0.1, 0.15) is 12.1 Å². The second-order valence-corrected chi connectivity index (χ2v) is 7.84. The van der Waals surface area contributed by atoms with E-state index in [1.165, 1.54) is 22.8 Å². The molecule has 0 spiro atoms. The van der Waals surface area contributed by atoms with Crippen molar-refractivity contribution in [2.45, 2.75) is 13.3 Å². The summed E-state index contributed by atoms with van der Waals surface area (Å²) in [6.07, 6.45) is 1.05. The first-order chi connectivity index (χ1) is 14.7. The van der Waals surface area contributed by atoms with E-state index in [2.05, 4.69) is 50.3 Å². The summed E-state index contributed by atoms with van der Waals surface area (Å²) >= 11 is 1.82. The first kappa shape index (κ1) is 23.9. The number of rotatable bonds is 6. The summed E-state index contributed by atoms with van der Waals surface area (Å²) in [5.41, 5.74) is 6.89. The van der Waals surface area contributed by atoms with Crippen molar-refractivity contribution in [1.29, 1.82) is 0 Å². The number of ether oxygens (including phenoxy) is 1. The van der Waals surface area contributed by atoms with Crippen LogP contribution < -0.4 is 15.4 Å². The van der Waals surface area contributed by atoms with Gasteiger partial charge >= 0.3 is 0 Å². The molecule has 0 atom stereocenters. The average molecular weight is 432 g/mol. The van der Waals surface area contributed by atoms with Crippen LogP contribution in [0.15, 0.2) is 35.7 Å². The largest absolute Gasteiger partial charge is 0.478 e. The topological polar surface area (TPSA) is 76.6 Å². The minimum atomic E-state index is 0.743. The minimum absolute atomic E-state index is 0.743. The van der Waals surface area contributed by atoms with E-state index < -0.39 is 0 Å². The summed E-state index contributed by atoms with van der Waals surface area (Å²) in [6, 6.07) is 10.9. The van der Waals surface area contributed by atoms with E-state index in [4.69, 9.17) is 9.53 Å². The molecule has 0 amide bonds. The Morgan fingerprint density at radius 2 is 1.90 bits per heavy atom. The maximum Gasteiger partial charge on any atom is 0.211 e. The van der Waals surface area contributed by atoms with Gasteiger partial charge in [-0.3, -0.25) is 4.90 Å². The number of hydrogen-bond donors (Lipinski definition) is 1. The Balaban J connectivity index is 0.000000757. The summed E-state index contributed by atoms with van der Waals surface area (Å²) in [5, 5.41) is 7.89. The van der Waals surface area contributed by atoms with Gasteiger partial charge in [-0.25, -0.2) is 4.68 Å². The summed E-state index contributed by atoms with van der Waals surface area (Å²) in [6.45, 7) is 10.2. The van der Waals surface area contributed by atoms with Gasteiger partial charge in [-0.1, -0.05) is 6.07 Å². The number of thiophene rings is 1. The number of hydrogen-bond acceptors (Lipinski definition) is 7. The molecule has 1 fully saturated rings. The number of aryl methyl sites for hydroxylation is 2. The fraction of sp³-hybridized carbons (Fsp3) is 0.455. The summed E-state index contributed by atoms with van der Waals surface area (Å²) in [4.78, 5) is 13.1. The Bertz CT molecular complexity index is 887. The Labute approximate surface area is 183 Å². The third-order valence-corrected chi connectivity index (χ3v) is 5.90. The lowest BCUT2D eigenvalue weighted by Crippen LogP contribution is -2.46. The Morgan fingerprint density at radius 1 is 1.17 bits per heavy atom. The molecular formula is C22H33N5O2S. The fourth-order valence-electron chi connectivity index (χ4n) is 3.65. The van der Waals surface area contributed by atoms with Crippen LogP contribution in [0.2, 0.25) is 0 Å². The van der Waals surface area contributed by atoms with Crippen molar-refractivity contribution >= 4 is 33.9 Å². The normalized spacial score (nSPS) is 13.9. The SMILES string of the molecule is C=O.CN.Cc1cc(OCCCN2CCN(c3cccc4sccc34)CC2)n(C)n1. The standard InChI is InChI=1S/C20H26N4OS.CH5N.CH2O/c1-16-15-20(22(2)21-16)25-13-4-8-23-9-11-24(12-10-23)18-5-3-6-19-17(18)7-14-26-19;2*1-2/h3,5-7,14-15H,4,8-13H2,1-2H3;2H2,1H3;1H2. The van der Waals surface area contributed by atoms with E-state index in [9.17, 15) is 0 Å². The first-order valence-electron chi connectivity index (χ1n) is 10.1. The van der Waals surface area contributed by atoms with Crippen LogP contribution in [0.5, 0.6) is 5.88 Å². The number of fused-ring (bicyclic) bond motifs is 1. The van der Waals surface area contributed by atoms with Gasteiger partial charge in [0.25, 0.3) is 0 Å². The van der Waals surface area contributed by atoms with Crippen molar-refractivity contribution in [2.24, 2.45) is 12.8 Å². The van der Waals surface area contributed by atoms with Crippen molar-refractivity contribution < 1.29 is 9.53 Å². The second kappa shape index (κ2) is 12.3. The predicted octanol–water partition coefficient (Wildman–Crippen LogP) is 2.92. The zero-order chi connectivity index (χ0) is 21.9. The Morgan fingerprint density at radius 3 is 2.57 bits per heavy atom. The fourth-order valence-corrected chi connectivity index (χ4v) is 4.46. The number of carbonyl (C=O) groups excluding carboxylic acids is 1. The van der Waals surface area contributed by atoms with Gasteiger partial charge in [0.15, 0.2) is 0 Å². The highest BCUT2D eigenvalue weighted by Crippen LogP contribution is 2.31. The van der Waals surface area contributed by atoms with Crippen LogP contribution in [-0.2, 0) is 11.8 Å². The quantitative estimate of drug-likeness (QED) is 0.605. The zero-order valence-electron chi connectivity index (χ0n) is 18.2. The number of anilines is 1. The van der Waals surface area contributed by atoms with Crippen molar-refractivity contribution in [3.63, 3.8) is 0 Å². The third kappa shape index (κ3) is 6.04.